The van der Waals surface area contributed by atoms with Crippen molar-refractivity contribution in [2.45, 2.75) is 20.0 Å². The molecule has 0 aliphatic carbocycles. The Labute approximate surface area is 162 Å². The van der Waals surface area contributed by atoms with Gasteiger partial charge < -0.3 is 14.7 Å². The van der Waals surface area contributed by atoms with Crippen LogP contribution in [0.15, 0.2) is 60.7 Å². The van der Waals surface area contributed by atoms with Crippen LogP contribution in [0.4, 0.5) is 5.69 Å². The molecule has 1 unspecified atom stereocenters. The number of hydrogen-bond acceptors (Lipinski definition) is 4. The van der Waals surface area contributed by atoms with Gasteiger partial charge in [-0.3, -0.25) is 4.90 Å². The van der Waals surface area contributed by atoms with Crippen molar-refractivity contribution in [1.82, 2.24) is 4.90 Å². The van der Waals surface area contributed by atoms with E-state index in [9.17, 15) is 5.11 Å². The normalized spacial score (nSPS) is 17.0. The van der Waals surface area contributed by atoms with E-state index in [4.69, 9.17) is 4.74 Å². The fourth-order valence-corrected chi connectivity index (χ4v) is 3.35. The molecule has 4 heteroatoms. The van der Waals surface area contributed by atoms with Crippen molar-refractivity contribution >= 4 is 11.3 Å². The lowest BCUT2D eigenvalue weighted by atomic mass is 10.1. The van der Waals surface area contributed by atoms with E-state index in [2.05, 4.69) is 59.2 Å². The van der Waals surface area contributed by atoms with Gasteiger partial charge in [0.05, 0.1) is 0 Å². The quantitative estimate of drug-likeness (QED) is 0.811. The van der Waals surface area contributed by atoms with Crippen molar-refractivity contribution in [1.29, 1.82) is 0 Å². The molecule has 1 atom stereocenters. The van der Waals surface area contributed by atoms with Gasteiger partial charge in [-0.15, -0.1) is 0 Å². The first kappa shape index (κ1) is 19.5. The maximum atomic E-state index is 10.3. The number of β-amino-alcohol motifs (C(OH)–C–C–N with tert-alkyl or cyclic N) is 1. The second-order valence-electron chi connectivity index (χ2n) is 7.08. The predicted molar refractivity (Wildman–Crippen MR) is 112 cm³/mol. The van der Waals surface area contributed by atoms with Crippen LogP contribution >= 0.6 is 0 Å². The van der Waals surface area contributed by atoms with Crippen LogP contribution in [0.3, 0.4) is 0 Å². The Kier molecular flexibility index (Phi) is 6.91. The smallest absolute Gasteiger partial charge is 0.119 e. The van der Waals surface area contributed by atoms with Crippen LogP contribution in [0.5, 0.6) is 5.75 Å². The average molecular weight is 367 g/mol. The third-order valence-corrected chi connectivity index (χ3v) is 5.15. The summed E-state index contributed by atoms with van der Waals surface area (Å²) in [6, 6.07) is 18.6. The number of benzene rings is 2. The first-order valence-corrected chi connectivity index (χ1v) is 9.72. The fourth-order valence-electron chi connectivity index (χ4n) is 3.35. The largest absolute Gasteiger partial charge is 0.491 e. The molecule has 1 aliphatic rings. The van der Waals surface area contributed by atoms with Gasteiger partial charge in [0, 0.05) is 38.4 Å². The molecule has 0 spiro atoms. The molecule has 0 amide bonds. The second kappa shape index (κ2) is 9.58. The van der Waals surface area contributed by atoms with Crippen molar-refractivity contribution in [3.63, 3.8) is 0 Å². The monoisotopic (exact) mass is 366 g/mol. The summed E-state index contributed by atoms with van der Waals surface area (Å²) in [6.07, 6.45) is 1.61. The number of anilines is 1. The minimum Gasteiger partial charge on any atom is -0.491 e. The molecule has 144 valence electrons. The van der Waals surface area contributed by atoms with Gasteiger partial charge in [-0.05, 0) is 49.2 Å². The molecule has 2 aromatic carbocycles. The molecule has 0 radical (unpaired) electrons. The Hall–Kier alpha value is -2.30. The van der Waals surface area contributed by atoms with Crippen LogP contribution in [0.2, 0.25) is 0 Å². The van der Waals surface area contributed by atoms with Crippen LogP contribution in [-0.4, -0.2) is 55.4 Å². The zero-order valence-electron chi connectivity index (χ0n) is 16.3. The molecular weight excluding hydrogens is 336 g/mol. The lowest BCUT2D eigenvalue weighted by Gasteiger charge is -2.36. The van der Waals surface area contributed by atoms with E-state index in [1.54, 1.807) is 0 Å². The lowest BCUT2D eigenvalue weighted by molar-refractivity contribution is 0.0663. The summed E-state index contributed by atoms with van der Waals surface area (Å²) >= 11 is 0. The summed E-state index contributed by atoms with van der Waals surface area (Å²) in [5, 5.41) is 10.3. The predicted octanol–water partition coefficient (Wildman–Crippen LogP) is 3.67. The number of allylic oxidation sites excluding steroid dienone is 2. The number of aliphatic hydroxyl groups is 1. The van der Waals surface area contributed by atoms with Crippen LogP contribution in [-0.2, 0) is 0 Å². The van der Waals surface area contributed by atoms with Gasteiger partial charge in [0.2, 0.25) is 0 Å². The van der Waals surface area contributed by atoms with Gasteiger partial charge in [0.25, 0.3) is 0 Å². The maximum absolute atomic E-state index is 10.3. The summed E-state index contributed by atoms with van der Waals surface area (Å²) in [4.78, 5) is 4.71. The van der Waals surface area contributed by atoms with Crippen LogP contribution in [0.25, 0.3) is 5.57 Å². The number of aliphatic hydroxyl groups excluding tert-OH is 1. The Bertz CT molecular complexity index is 720. The Morgan fingerprint density at radius 1 is 1.04 bits per heavy atom. The minimum absolute atomic E-state index is 0.320. The summed E-state index contributed by atoms with van der Waals surface area (Å²) < 4.78 is 5.76. The molecule has 0 saturated carbocycles. The molecule has 4 nitrogen and oxygen atoms in total. The Balaban J connectivity index is 1.40. The molecular formula is C23H30N2O2. The molecule has 1 fully saturated rings. The SMILES string of the molecule is C/C=C(\C)c1ccc(OCC(O)CN2CCN(c3ccccc3)CC2)cc1. The number of piperazine rings is 1. The zero-order valence-corrected chi connectivity index (χ0v) is 16.3. The summed E-state index contributed by atoms with van der Waals surface area (Å²) in [5.41, 5.74) is 3.72. The lowest BCUT2D eigenvalue weighted by Crippen LogP contribution is -2.49. The highest BCUT2D eigenvalue weighted by Crippen LogP contribution is 2.19. The van der Waals surface area contributed by atoms with E-state index in [0.29, 0.717) is 13.2 Å². The number of ether oxygens (including phenoxy) is 1. The fraction of sp³-hybridized carbons (Fsp3) is 0.391. The molecule has 0 aromatic heterocycles. The van der Waals surface area contributed by atoms with E-state index < -0.39 is 6.10 Å². The van der Waals surface area contributed by atoms with Gasteiger partial charge in [-0.1, -0.05) is 36.4 Å². The van der Waals surface area contributed by atoms with Crippen LogP contribution in [0.1, 0.15) is 19.4 Å². The number of rotatable bonds is 7. The van der Waals surface area contributed by atoms with Crippen molar-refractivity contribution in [2.75, 3.05) is 44.2 Å². The first-order valence-electron chi connectivity index (χ1n) is 9.72. The number of hydrogen-bond donors (Lipinski definition) is 1. The molecule has 0 bridgehead atoms. The number of nitrogens with zero attached hydrogens (tertiary/aromatic N) is 2. The highest BCUT2D eigenvalue weighted by atomic mass is 16.5. The van der Waals surface area contributed by atoms with Gasteiger partial charge in [0.1, 0.15) is 18.5 Å². The van der Waals surface area contributed by atoms with Crippen LogP contribution in [0, 0.1) is 0 Å². The van der Waals surface area contributed by atoms with E-state index in [-0.39, 0.29) is 0 Å². The highest BCUT2D eigenvalue weighted by molar-refractivity contribution is 5.63. The van der Waals surface area contributed by atoms with Crippen molar-refractivity contribution in [2.24, 2.45) is 0 Å². The molecule has 2 aromatic rings. The van der Waals surface area contributed by atoms with E-state index in [1.165, 1.54) is 16.8 Å². The van der Waals surface area contributed by atoms with Crippen molar-refractivity contribution < 1.29 is 9.84 Å². The first-order chi connectivity index (χ1) is 13.2. The second-order valence-corrected chi connectivity index (χ2v) is 7.08. The molecule has 27 heavy (non-hydrogen) atoms. The maximum Gasteiger partial charge on any atom is 0.119 e. The summed E-state index contributed by atoms with van der Waals surface area (Å²) in [7, 11) is 0. The topological polar surface area (TPSA) is 35.9 Å². The van der Waals surface area contributed by atoms with Gasteiger partial charge in [0.15, 0.2) is 0 Å². The van der Waals surface area contributed by atoms with E-state index >= 15 is 0 Å². The van der Waals surface area contributed by atoms with Gasteiger partial charge in [-0.25, -0.2) is 0 Å². The highest BCUT2D eigenvalue weighted by Gasteiger charge is 2.19. The average Bonchev–Trinajstić information content (AvgIpc) is 2.73. The van der Waals surface area contributed by atoms with Gasteiger partial charge >= 0.3 is 0 Å². The third-order valence-electron chi connectivity index (χ3n) is 5.15. The van der Waals surface area contributed by atoms with E-state index in [0.717, 1.165) is 31.9 Å². The van der Waals surface area contributed by atoms with Gasteiger partial charge in [-0.2, -0.15) is 0 Å². The third kappa shape index (κ3) is 5.59. The van der Waals surface area contributed by atoms with Crippen LogP contribution < -0.4 is 9.64 Å². The summed E-state index contributed by atoms with van der Waals surface area (Å²) in [5.74, 6) is 0.801. The molecule has 1 aliphatic heterocycles. The standard InChI is InChI=1S/C23H30N2O2/c1-3-19(2)20-9-11-23(12-10-20)27-18-22(26)17-24-13-15-25(16-14-24)21-7-5-4-6-8-21/h3-12,22,26H,13-18H2,1-2H3/b19-3+. The molecule has 1 heterocycles. The van der Waals surface area contributed by atoms with Crippen molar-refractivity contribution in [3.05, 3.63) is 66.2 Å². The molecule has 3 rings (SSSR count). The number of para-hydroxylation sites is 1. The molecule has 1 N–H and O–H groups in total. The summed E-state index contributed by atoms with van der Waals surface area (Å²) in [6.45, 7) is 9.01. The Morgan fingerprint density at radius 2 is 1.70 bits per heavy atom. The minimum atomic E-state index is -0.481. The Morgan fingerprint density at radius 3 is 2.33 bits per heavy atom. The molecule has 1 saturated heterocycles. The van der Waals surface area contributed by atoms with E-state index in [1.807, 2.05) is 25.1 Å². The zero-order chi connectivity index (χ0) is 19.1. The van der Waals surface area contributed by atoms with Crippen molar-refractivity contribution in [3.8, 4) is 5.75 Å².